The van der Waals surface area contributed by atoms with Crippen LogP contribution in [0.1, 0.15) is 35.3 Å². The predicted octanol–water partition coefficient (Wildman–Crippen LogP) is 5.75. The number of likely N-dealkylation sites (tertiary alicyclic amines) is 1. The lowest BCUT2D eigenvalue weighted by Crippen LogP contribution is -2.49. The summed E-state index contributed by atoms with van der Waals surface area (Å²) in [5.74, 6) is 1.26. The van der Waals surface area contributed by atoms with Gasteiger partial charge in [0.15, 0.2) is 0 Å². The number of nitrogens with one attached hydrogen (secondary N) is 1. The van der Waals surface area contributed by atoms with Gasteiger partial charge in [-0.3, -0.25) is 9.29 Å². The maximum atomic E-state index is 13.7. The molecule has 5 rings (SSSR count). The number of anilines is 1. The van der Waals surface area contributed by atoms with Crippen molar-refractivity contribution in [2.75, 3.05) is 38.6 Å². The van der Waals surface area contributed by atoms with Crippen molar-refractivity contribution in [2.24, 2.45) is 5.92 Å². The number of fused-ring (bicyclic) bond motifs is 1. The van der Waals surface area contributed by atoms with E-state index in [1.165, 1.54) is 18.3 Å². The van der Waals surface area contributed by atoms with E-state index in [2.05, 4.69) is 4.90 Å². The molecule has 3 aromatic carbocycles. The largest absolute Gasteiger partial charge is 0.492 e. The Morgan fingerprint density at radius 3 is 2.47 bits per heavy atom. The molecule has 1 unspecified atom stereocenters. The quantitative estimate of drug-likeness (QED) is 0.312. The summed E-state index contributed by atoms with van der Waals surface area (Å²) in [5, 5.41) is 7.90. The van der Waals surface area contributed by atoms with Gasteiger partial charge in [-0.25, -0.2) is 4.39 Å². The summed E-state index contributed by atoms with van der Waals surface area (Å²) in [4.78, 5) is 2.18. The summed E-state index contributed by atoms with van der Waals surface area (Å²) in [7, 11) is 0. The number of benzene rings is 3. The molecular weight excluding hydrogens is 460 g/mol. The van der Waals surface area contributed by atoms with Crippen molar-refractivity contribution in [3.8, 4) is 11.5 Å². The SMILES string of the molecule is CC1=C(c2ccc(F)cc2)C(c2ccc(OCCN3CC(CF)C3)cc2)Oc2ccc(N)c(C=N)c21. The van der Waals surface area contributed by atoms with Crippen molar-refractivity contribution in [2.45, 2.75) is 13.0 Å². The standard InChI is InChI=1S/C29H29F2N3O2/c1-18-27(20-2-6-22(31)7-3-20)29(36-26-11-10-25(33)24(15-32)28(18)26)21-4-8-23(9-5-21)35-13-12-34-16-19(14-30)17-34/h2-11,15,19,29,32H,12-14,16-17,33H2,1H3. The van der Waals surface area contributed by atoms with Crippen LogP contribution in [0.4, 0.5) is 14.5 Å². The summed E-state index contributed by atoms with van der Waals surface area (Å²) in [6.07, 6.45) is 0.811. The zero-order valence-electron chi connectivity index (χ0n) is 20.1. The molecule has 186 valence electrons. The highest BCUT2D eigenvalue weighted by molar-refractivity contribution is 6.03. The van der Waals surface area contributed by atoms with Gasteiger partial charge < -0.3 is 20.6 Å². The van der Waals surface area contributed by atoms with Crippen molar-refractivity contribution in [3.63, 3.8) is 0 Å². The van der Waals surface area contributed by atoms with Gasteiger partial charge in [0.25, 0.3) is 0 Å². The molecule has 1 saturated heterocycles. The first-order chi connectivity index (χ1) is 17.5. The first kappa shape index (κ1) is 24.0. The number of hydrogen-bond donors (Lipinski definition) is 2. The van der Waals surface area contributed by atoms with E-state index < -0.39 is 6.10 Å². The van der Waals surface area contributed by atoms with E-state index in [9.17, 15) is 8.78 Å². The molecule has 1 fully saturated rings. The lowest BCUT2D eigenvalue weighted by molar-refractivity contribution is 0.0668. The third kappa shape index (κ3) is 4.58. The van der Waals surface area contributed by atoms with Gasteiger partial charge in [0.05, 0.1) is 6.67 Å². The van der Waals surface area contributed by atoms with Crippen LogP contribution in [-0.2, 0) is 0 Å². The van der Waals surface area contributed by atoms with Crippen molar-refractivity contribution < 1.29 is 18.3 Å². The lowest BCUT2D eigenvalue weighted by atomic mass is 9.84. The average Bonchev–Trinajstić information content (AvgIpc) is 2.86. The molecule has 3 N–H and O–H groups in total. The van der Waals surface area contributed by atoms with E-state index >= 15 is 0 Å². The fraction of sp³-hybridized carbons (Fsp3) is 0.276. The van der Waals surface area contributed by atoms with E-state index in [-0.39, 0.29) is 18.4 Å². The van der Waals surface area contributed by atoms with E-state index in [1.807, 2.05) is 37.3 Å². The van der Waals surface area contributed by atoms with Crippen molar-refractivity contribution in [3.05, 3.63) is 88.7 Å². The molecule has 2 aliphatic rings. The highest BCUT2D eigenvalue weighted by Gasteiger charge is 2.31. The Balaban J connectivity index is 1.42. The Morgan fingerprint density at radius 2 is 1.81 bits per heavy atom. The molecule has 2 aliphatic heterocycles. The predicted molar refractivity (Wildman–Crippen MR) is 139 cm³/mol. The van der Waals surface area contributed by atoms with Crippen LogP contribution in [0.15, 0.2) is 60.7 Å². The Hall–Kier alpha value is -3.71. The Morgan fingerprint density at radius 1 is 1.08 bits per heavy atom. The first-order valence-corrected chi connectivity index (χ1v) is 12.1. The van der Waals surface area contributed by atoms with E-state index in [0.717, 1.165) is 53.2 Å². The minimum atomic E-state index is -0.432. The van der Waals surface area contributed by atoms with Gasteiger partial charge in [-0.15, -0.1) is 0 Å². The zero-order chi connectivity index (χ0) is 25.2. The molecule has 0 bridgehead atoms. The molecule has 5 nitrogen and oxygen atoms in total. The molecule has 36 heavy (non-hydrogen) atoms. The van der Waals surface area contributed by atoms with E-state index in [0.29, 0.717) is 23.6 Å². The number of alkyl halides is 1. The van der Waals surface area contributed by atoms with Crippen molar-refractivity contribution in [1.82, 2.24) is 4.90 Å². The summed E-state index contributed by atoms with van der Waals surface area (Å²) in [6.45, 7) is 4.64. The van der Waals surface area contributed by atoms with Crippen LogP contribution in [0, 0.1) is 17.1 Å². The van der Waals surface area contributed by atoms with Crippen molar-refractivity contribution in [1.29, 1.82) is 5.41 Å². The Bertz CT molecular complexity index is 1280. The smallest absolute Gasteiger partial charge is 0.150 e. The molecule has 0 radical (unpaired) electrons. The zero-order valence-corrected chi connectivity index (χ0v) is 20.1. The van der Waals surface area contributed by atoms with Gasteiger partial charge in [-0.1, -0.05) is 24.3 Å². The number of rotatable bonds is 8. The summed E-state index contributed by atoms with van der Waals surface area (Å²) >= 11 is 0. The van der Waals surface area contributed by atoms with Gasteiger partial charge in [-0.05, 0) is 60.0 Å². The molecule has 0 aliphatic carbocycles. The topological polar surface area (TPSA) is 71.6 Å². The molecule has 7 heteroatoms. The highest BCUT2D eigenvalue weighted by atomic mass is 19.1. The number of nitrogen functional groups attached to an aromatic ring is 1. The van der Waals surface area contributed by atoms with Gasteiger partial charge in [0.1, 0.15) is 30.0 Å². The molecular formula is C29H29F2N3O2. The summed E-state index contributed by atoms with van der Waals surface area (Å²) in [5.41, 5.74) is 11.6. The average molecular weight is 490 g/mol. The lowest BCUT2D eigenvalue weighted by Gasteiger charge is -2.37. The minimum absolute atomic E-state index is 0.170. The number of ether oxygens (including phenoxy) is 2. The molecule has 0 saturated carbocycles. The first-order valence-electron chi connectivity index (χ1n) is 12.1. The van der Waals surface area contributed by atoms with E-state index in [4.69, 9.17) is 20.6 Å². The summed E-state index contributed by atoms with van der Waals surface area (Å²) < 4.78 is 38.7. The van der Waals surface area contributed by atoms with Crippen LogP contribution in [-0.4, -0.2) is 44.0 Å². The third-order valence-electron chi connectivity index (χ3n) is 6.94. The fourth-order valence-electron chi connectivity index (χ4n) is 4.99. The number of allylic oxidation sites excluding steroid dienone is 1. The molecule has 0 spiro atoms. The molecule has 2 heterocycles. The van der Waals surface area contributed by atoms with E-state index in [1.54, 1.807) is 18.2 Å². The fourth-order valence-corrected chi connectivity index (χ4v) is 4.99. The second kappa shape index (κ2) is 10.1. The Labute approximate surface area is 209 Å². The van der Waals surface area contributed by atoms with Gasteiger partial charge in [0.2, 0.25) is 0 Å². The molecule has 3 aromatic rings. The maximum Gasteiger partial charge on any atom is 0.150 e. The number of nitrogens with two attached hydrogens (primary N) is 1. The molecule has 1 atom stereocenters. The van der Waals surface area contributed by atoms with Crippen LogP contribution in [0.2, 0.25) is 0 Å². The van der Waals surface area contributed by atoms with Gasteiger partial charge >= 0.3 is 0 Å². The monoisotopic (exact) mass is 489 g/mol. The number of nitrogens with zero attached hydrogens (tertiary/aromatic N) is 1. The molecule has 0 amide bonds. The third-order valence-corrected chi connectivity index (χ3v) is 6.94. The van der Waals surface area contributed by atoms with Gasteiger partial charge in [0, 0.05) is 54.2 Å². The van der Waals surface area contributed by atoms with Crippen LogP contribution >= 0.6 is 0 Å². The summed E-state index contributed by atoms with van der Waals surface area (Å²) in [6, 6.07) is 17.7. The second-order valence-corrected chi connectivity index (χ2v) is 9.33. The number of halogens is 2. The van der Waals surface area contributed by atoms with Crippen LogP contribution in [0.25, 0.3) is 11.1 Å². The van der Waals surface area contributed by atoms with Gasteiger partial charge in [-0.2, -0.15) is 0 Å². The minimum Gasteiger partial charge on any atom is -0.492 e. The molecule has 0 aromatic heterocycles. The highest BCUT2D eigenvalue weighted by Crippen LogP contribution is 2.48. The van der Waals surface area contributed by atoms with Crippen LogP contribution in [0.5, 0.6) is 11.5 Å². The Kier molecular flexibility index (Phi) is 6.74. The second-order valence-electron chi connectivity index (χ2n) is 9.33. The van der Waals surface area contributed by atoms with Crippen LogP contribution in [0.3, 0.4) is 0 Å². The van der Waals surface area contributed by atoms with Crippen molar-refractivity contribution >= 4 is 23.0 Å². The normalized spacial score (nSPS) is 17.8. The number of hydrogen-bond acceptors (Lipinski definition) is 5. The maximum absolute atomic E-state index is 13.7. The van der Waals surface area contributed by atoms with Crippen LogP contribution < -0.4 is 15.2 Å².